The van der Waals surface area contributed by atoms with Crippen LogP contribution in [0, 0.1) is 0 Å². The Morgan fingerprint density at radius 3 is 2.48 bits per heavy atom. The summed E-state index contributed by atoms with van der Waals surface area (Å²) in [6.45, 7) is 2.18. The first-order valence-corrected chi connectivity index (χ1v) is 6.45. The van der Waals surface area contributed by atoms with Gasteiger partial charge in [-0.25, -0.2) is 4.98 Å². The van der Waals surface area contributed by atoms with Gasteiger partial charge in [-0.1, -0.05) is 24.3 Å². The van der Waals surface area contributed by atoms with Gasteiger partial charge >= 0.3 is 6.18 Å². The lowest BCUT2D eigenvalue weighted by atomic mass is 10.3. The van der Waals surface area contributed by atoms with E-state index < -0.39 is 11.9 Å². The van der Waals surface area contributed by atoms with Crippen molar-refractivity contribution in [2.24, 2.45) is 0 Å². The molecule has 6 heteroatoms. The third kappa shape index (κ3) is 4.66. The number of hydrogen-bond acceptors (Lipinski definition) is 3. The maximum Gasteiger partial charge on any atom is 0.433 e. The summed E-state index contributed by atoms with van der Waals surface area (Å²) in [7, 11) is 0. The lowest BCUT2D eigenvalue weighted by Gasteiger charge is -2.16. The summed E-state index contributed by atoms with van der Waals surface area (Å²) in [5, 5.41) is 2.84. The molecule has 3 nitrogen and oxygen atoms in total. The van der Waals surface area contributed by atoms with E-state index in [1.54, 1.807) is 0 Å². The molecule has 0 aliphatic rings. The van der Waals surface area contributed by atoms with E-state index in [1.807, 2.05) is 37.3 Å². The highest BCUT2D eigenvalue weighted by molar-refractivity contribution is 5.36. The van der Waals surface area contributed by atoms with Gasteiger partial charge in [0.15, 0.2) is 0 Å². The molecule has 1 atom stereocenters. The molecule has 0 aliphatic heterocycles. The van der Waals surface area contributed by atoms with Crippen molar-refractivity contribution in [1.82, 2.24) is 4.98 Å². The molecule has 0 bridgehead atoms. The van der Waals surface area contributed by atoms with E-state index in [-0.39, 0.29) is 11.9 Å². The first-order chi connectivity index (χ1) is 9.95. The molecule has 21 heavy (non-hydrogen) atoms. The summed E-state index contributed by atoms with van der Waals surface area (Å²) < 4.78 is 43.2. The van der Waals surface area contributed by atoms with Crippen LogP contribution in [-0.2, 0) is 6.18 Å². The number of anilines is 1. The summed E-state index contributed by atoms with van der Waals surface area (Å²) in [5.41, 5.74) is -0.913. The molecule has 1 N–H and O–H groups in total. The van der Waals surface area contributed by atoms with Gasteiger partial charge in [-0.05, 0) is 31.2 Å². The van der Waals surface area contributed by atoms with E-state index in [2.05, 4.69) is 10.3 Å². The Bertz CT molecular complexity index is 573. The lowest BCUT2D eigenvalue weighted by molar-refractivity contribution is -0.141. The quantitative estimate of drug-likeness (QED) is 0.906. The van der Waals surface area contributed by atoms with E-state index in [4.69, 9.17) is 4.74 Å². The van der Waals surface area contributed by atoms with Gasteiger partial charge in [0, 0.05) is 0 Å². The number of nitrogens with one attached hydrogen (secondary N) is 1. The van der Waals surface area contributed by atoms with Crippen LogP contribution >= 0.6 is 0 Å². The number of ether oxygens (including phenoxy) is 1. The van der Waals surface area contributed by atoms with Crippen molar-refractivity contribution in [3.8, 4) is 5.75 Å². The average Bonchev–Trinajstić information content (AvgIpc) is 2.46. The first-order valence-electron chi connectivity index (χ1n) is 6.45. The van der Waals surface area contributed by atoms with E-state index in [9.17, 15) is 13.2 Å². The molecule has 1 unspecified atom stereocenters. The van der Waals surface area contributed by atoms with Crippen LogP contribution in [0.15, 0.2) is 48.5 Å². The van der Waals surface area contributed by atoms with Gasteiger partial charge < -0.3 is 10.1 Å². The molecule has 0 aliphatic carbocycles. The van der Waals surface area contributed by atoms with Gasteiger partial charge in [0.2, 0.25) is 0 Å². The Labute approximate surface area is 120 Å². The topological polar surface area (TPSA) is 34.2 Å². The fourth-order valence-electron chi connectivity index (χ4n) is 1.71. The molecule has 2 rings (SSSR count). The number of para-hydroxylation sites is 1. The number of rotatable bonds is 5. The fraction of sp³-hybridized carbons (Fsp3) is 0.267. The van der Waals surface area contributed by atoms with Crippen LogP contribution in [0.1, 0.15) is 12.6 Å². The predicted octanol–water partition coefficient (Wildman–Crippen LogP) is 3.98. The molecule has 112 valence electrons. The molecule has 1 aromatic heterocycles. The SMILES string of the molecule is CC(CNc1cccc(C(F)(F)F)n1)Oc1ccccc1. The van der Waals surface area contributed by atoms with Crippen molar-refractivity contribution in [2.75, 3.05) is 11.9 Å². The van der Waals surface area contributed by atoms with Gasteiger partial charge in [-0.3, -0.25) is 0 Å². The number of pyridine rings is 1. The van der Waals surface area contributed by atoms with Crippen LogP contribution in [0.3, 0.4) is 0 Å². The van der Waals surface area contributed by atoms with E-state index >= 15 is 0 Å². The molecule has 0 spiro atoms. The summed E-state index contributed by atoms with van der Waals surface area (Å²) in [4.78, 5) is 3.53. The van der Waals surface area contributed by atoms with Crippen LogP contribution in [0.2, 0.25) is 0 Å². The molecule has 0 fully saturated rings. The van der Waals surface area contributed by atoms with Crippen molar-refractivity contribution in [2.45, 2.75) is 19.2 Å². The second kappa shape index (κ2) is 6.47. The Kier molecular flexibility index (Phi) is 4.67. The summed E-state index contributed by atoms with van der Waals surface area (Å²) in [6, 6.07) is 13.0. The zero-order valence-electron chi connectivity index (χ0n) is 11.4. The highest BCUT2D eigenvalue weighted by atomic mass is 19.4. The van der Waals surface area contributed by atoms with Gasteiger partial charge in [0.05, 0.1) is 6.54 Å². The van der Waals surface area contributed by atoms with Gasteiger partial charge in [-0.15, -0.1) is 0 Å². The van der Waals surface area contributed by atoms with Crippen molar-refractivity contribution in [3.05, 3.63) is 54.2 Å². The van der Waals surface area contributed by atoms with Crippen LogP contribution in [0.5, 0.6) is 5.75 Å². The Balaban J connectivity index is 1.91. The molecule has 0 saturated heterocycles. The molecule has 1 heterocycles. The number of aromatic nitrogens is 1. The fourth-order valence-corrected chi connectivity index (χ4v) is 1.71. The summed E-state index contributed by atoms with van der Waals surface area (Å²) in [6.07, 6.45) is -4.65. The second-order valence-corrected chi connectivity index (χ2v) is 4.53. The molecule has 2 aromatic rings. The van der Waals surface area contributed by atoms with Crippen LogP contribution in [0.25, 0.3) is 0 Å². The largest absolute Gasteiger partial charge is 0.489 e. The Morgan fingerprint density at radius 1 is 1.10 bits per heavy atom. The zero-order valence-corrected chi connectivity index (χ0v) is 11.4. The lowest BCUT2D eigenvalue weighted by Crippen LogP contribution is -2.23. The van der Waals surface area contributed by atoms with E-state index in [0.717, 1.165) is 6.07 Å². The maximum atomic E-state index is 12.5. The normalized spacial score (nSPS) is 12.8. The number of nitrogens with zero attached hydrogens (tertiary/aromatic N) is 1. The maximum absolute atomic E-state index is 12.5. The second-order valence-electron chi connectivity index (χ2n) is 4.53. The minimum absolute atomic E-state index is 0.174. The highest BCUT2D eigenvalue weighted by Gasteiger charge is 2.32. The van der Waals surface area contributed by atoms with Crippen LogP contribution < -0.4 is 10.1 Å². The number of halogens is 3. The van der Waals surface area contributed by atoms with E-state index in [1.165, 1.54) is 12.1 Å². The molecular weight excluding hydrogens is 281 g/mol. The summed E-state index contributed by atoms with van der Waals surface area (Å²) in [5.74, 6) is 0.886. The smallest absolute Gasteiger partial charge is 0.433 e. The van der Waals surface area contributed by atoms with Gasteiger partial charge in [0.25, 0.3) is 0 Å². The Hall–Kier alpha value is -2.24. The van der Waals surface area contributed by atoms with Crippen molar-refractivity contribution in [3.63, 3.8) is 0 Å². The number of hydrogen-bond donors (Lipinski definition) is 1. The van der Waals surface area contributed by atoms with Crippen LogP contribution in [0.4, 0.5) is 19.0 Å². The van der Waals surface area contributed by atoms with Crippen molar-refractivity contribution < 1.29 is 17.9 Å². The molecule has 0 amide bonds. The minimum atomic E-state index is -4.44. The highest BCUT2D eigenvalue weighted by Crippen LogP contribution is 2.28. The molecule has 0 saturated carbocycles. The van der Waals surface area contributed by atoms with Crippen molar-refractivity contribution in [1.29, 1.82) is 0 Å². The molecule has 0 radical (unpaired) electrons. The van der Waals surface area contributed by atoms with E-state index in [0.29, 0.717) is 12.3 Å². The predicted molar refractivity (Wildman–Crippen MR) is 74.3 cm³/mol. The minimum Gasteiger partial charge on any atom is -0.489 e. The third-order valence-electron chi connectivity index (χ3n) is 2.69. The van der Waals surface area contributed by atoms with Crippen LogP contribution in [-0.4, -0.2) is 17.6 Å². The van der Waals surface area contributed by atoms with Gasteiger partial charge in [-0.2, -0.15) is 13.2 Å². The number of alkyl halides is 3. The first kappa shape index (κ1) is 15.2. The summed E-state index contributed by atoms with van der Waals surface area (Å²) >= 11 is 0. The average molecular weight is 296 g/mol. The number of benzene rings is 1. The van der Waals surface area contributed by atoms with Crippen molar-refractivity contribution >= 4 is 5.82 Å². The van der Waals surface area contributed by atoms with Gasteiger partial charge in [0.1, 0.15) is 23.4 Å². The third-order valence-corrected chi connectivity index (χ3v) is 2.69. The molecular formula is C15H15F3N2O. The monoisotopic (exact) mass is 296 g/mol. The molecule has 1 aromatic carbocycles. The zero-order chi connectivity index (χ0) is 15.3. The standard InChI is InChI=1S/C15H15F3N2O/c1-11(21-12-6-3-2-4-7-12)10-19-14-9-5-8-13(20-14)15(16,17)18/h2-9,11H,10H2,1H3,(H,19,20). The Morgan fingerprint density at radius 2 is 1.81 bits per heavy atom.